The summed E-state index contributed by atoms with van der Waals surface area (Å²) in [5.41, 5.74) is 3.82. The van der Waals surface area contributed by atoms with Crippen molar-refractivity contribution < 1.29 is 4.84 Å². The van der Waals surface area contributed by atoms with Crippen molar-refractivity contribution in [2.24, 2.45) is 5.16 Å². The van der Waals surface area contributed by atoms with Gasteiger partial charge in [0.05, 0.1) is 21.8 Å². The summed E-state index contributed by atoms with van der Waals surface area (Å²) in [6, 6.07) is 20.0. The minimum atomic E-state index is -0.140. The number of oxime groups is 1. The van der Waals surface area contributed by atoms with Crippen LogP contribution in [-0.2, 0) is 4.84 Å². The van der Waals surface area contributed by atoms with Crippen LogP contribution in [0.25, 0.3) is 21.7 Å². The molecule has 1 N–H and O–H groups in total. The smallest absolute Gasteiger partial charge is 0.258 e. The first kappa shape index (κ1) is 17.2. The van der Waals surface area contributed by atoms with Crippen LogP contribution in [0.3, 0.4) is 0 Å². The van der Waals surface area contributed by atoms with Crippen LogP contribution in [0.2, 0.25) is 0 Å². The zero-order chi connectivity index (χ0) is 18.9. The maximum atomic E-state index is 13.1. The molecule has 4 nitrogen and oxygen atoms in total. The quantitative estimate of drug-likeness (QED) is 0.474. The molecule has 5 rings (SSSR count). The maximum absolute atomic E-state index is 13.1. The molecule has 0 spiro atoms. The highest BCUT2D eigenvalue weighted by Crippen LogP contribution is 2.35. The molecule has 4 aromatic rings. The number of hydrogen-bond acceptors (Lipinski definition) is 5. The Morgan fingerprint density at radius 3 is 2.57 bits per heavy atom. The zero-order valence-electron chi connectivity index (χ0n) is 14.8. The molecule has 0 saturated carbocycles. The first-order valence-corrected chi connectivity index (χ1v) is 10.7. The molecule has 1 aliphatic rings. The van der Waals surface area contributed by atoms with Crippen molar-refractivity contribution in [2.75, 3.05) is 0 Å². The van der Waals surface area contributed by atoms with E-state index in [-0.39, 0.29) is 11.7 Å². The fourth-order valence-corrected chi connectivity index (χ4v) is 4.86. The Hall–Kier alpha value is -2.96. The number of rotatable bonds is 4. The van der Waals surface area contributed by atoms with Gasteiger partial charge >= 0.3 is 0 Å². The van der Waals surface area contributed by atoms with Crippen molar-refractivity contribution in [1.82, 2.24) is 4.98 Å². The third-order valence-electron chi connectivity index (χ3n) is 4.72. The van der Waals surface area contributed by atoms with Crippen molar-refractivity contribution in [2.45, 2.75) is 12.5 Å². The highest BCUT2D eigenvalue weighted by molar-refractivity contribution is 7.13. The minimum absolute atomic E-state index is 0.130. The molecular weight excluding hydrogens is 388 g/mol. The number of benzene rings is 1. The summed E-state index contributed by atoms with van der Waals surface area (Å²) in [5.74, 6) is 0. The Kier molecular flexibility index (Phi) is 4.43. The van der Waals surface area contributed by atoms with Crippen LogP contribution in [-0.4, -0.2) is 10.7 Å². The lowest BCUT2D eigenvalue weighted by atomic mass is 9.95. The van der Waals surface area contributed by atoms with Gasteiger partial charge in [-0.3, -0.25) is 4.79 Å². The van der Waals surface area contributed by atoms with Crippen molar-refractivity contribution in [3.63, 3.8) is 0 Å². The third-order valence-corrected chi connectivity index (χ3v) is 6.59. The second-order valence-electron chi connectivity index (χ2n) is 6.50. The van der Waals surface area contributed by atoms with Crippen molar-refractivity contribution >= 4 is 28.4 Å². The van der Waals surface area contributed by atoms with Gasteiger partial charge in [0.2, 0.25) is 0 Å². The predicted octanol–water partition coefficient (Wildman–Crippen LogP) is 5.70. The van der Waals surface area contributed by atoms with Gasteiger partial charge in [0, 0.05) is 11.3 Å². The van der Waals surface area contributed by atoms with Gasteiger partial charge in [-0.05, 0) is 40.1 Å². The van der Waals surface area contributed by atoms with Gasteiger partial charge in [-0.1, -0.05) is 47.6 Å². The Balaban J connectivity index is 1.62. The van der Waals surface area contributed by atoms with Gasteiger partial charge in [0.25, 0.3) is 5.56 Å². The Morgan fingerprint density at radius 2 is 1.82 bits per heavy atom. The monoisotopic (exact) mass is 404 g/mol. The standard InChI is InChI=1S/C22H16N2O2S2/c25-22-21(17-13-18(26-24-17)20-9-5-11-28-20)15(14-6-2-1-3-7-14)12-16(23-22)19-8-4-10-27-19/h1-12,18H,13H2,(H,23,25). The van der Waals surface area contributed by atoms with Crippen LogP contribution in [0, 0.1) is 0 Å². The molecule has 6 heteroatoms. The average molecular weight is 405 g/mol. The molecule has 1 atom stereocenters. The summed E-state index contributed by atoms with van der Waals surface area (Å²) in [5, 5.41) is 8.32. The molecule has 0 radical (unpaired) electrons. The molecule has 0 amide bonds. The molecule has 1 unspecified atom stereocenters. The molecule has 28 heavy (non-hydrogen) atoms. The highest BCUT2D eigenvalue weighted by Gasteiger charge is 2.28. The average Bonchev–Trinajstić information content (AvgIpc) is 3.50. The maximum Gasteiger partial charge on any atom is 0.258 e. The number of nitrogens with zero attached hydrogens (tertiary/aromatic N) is 1. The van der Waals surface area contributed by atoms with Crippen LogP contribution in [0.4, 0.5) is 0 Å². The molecule has 1 aromatic carbocycles. The SMILES string of the molecule is O=c1[nH]c(-c2cccs2)cc(-c2ccccc2)c1C1=NOC(c2cccs2)C1. The van der Waals surface area contributed by atoms with Gasteiger partial charge in [-0.15, -0.1) is 22.7 Å². The number of aromatic amines is 1. The normalized spacial score (nSPS) is 16.0. The Labute approximate surface area is 169 Å². The van der Waals surface area contributed by atoms with E-state index in [2.05, 4.69) is 10.1 Å². The van der Waals surface area contributed by atoms with Gasteiger partial charge < -0.3 is 9.82 Å². The third kappa shape index (κ3) is 3.10. The lowest BCUT2D eigenvalue weighted by Gasteiger charge is -2.11. The number of H-pyrrole nitrogens is 1. The van der Waals surface area contributed by atoms with E-state index in [1.807, 2.05) is 71.4 Å². The topological polar surface area (TPSA) is 54.5 Å². The summed E-state index contributed by atoms with van der Waals surface area (Å²) in [6.07, 6.45) is 0.455. The molecule has 1 aliphatic heterocycles. The summed E-state index contributed by atoms with van der Waals surface area (Å²) in [7, 11) is 0. The Morgan fingerprint density at radius 1 is 1.00 bits per heavy atom. The largest absolute Gasteiger partial charge is 0.386 e. The van der Waals surface area contributed by atoms with E-state index < -0.39 is 0 Å². The number of thiophene rings is 2. The van der Waals surface area contributed by atoms with Crippen molar-refractivity contribution in [1.29, 1.82) is 0 Å². The second kappa shape index (κ2) is 7.22. The number of aromatic nitrogens is 1. The van der Waals surface area contributed by atoms with Gasteiger partial charge in [-0.25, -0.2) is 0 Å². The van der Waals surface area contributed by atoms with Crippen LogP contribution >= 0.6 is 22.7 Å². The summed E-state index contributed by atoms with van der Waals surface area (Å²) in [4.78, 5) is 24.0. The predicted molar refractivity (Wildman–Crippen MR) is 115 cm³/mol. The van der Waals surface area contributed by atoms with E-state index in [9.17, 15) is 4.79 Å². The molecule has 0 aliphatic carbocycles. The van der Waals surface area contributed by atoms with E-state index in [0.29, 0.717) is 17.7 Å². The van der Waals surface area contributed by atoms with Crippen LogP contribution in [0.1, 0.15) is 23.0 Å². The highest BCUT2D eigenvalue weighted by atomic mass is 32.1. The molecular formula is C22H16N2O2S2. The van der Waals surface area contributed by atoms with E-state index in [1.165, 1.54) is 0 Å². The van der Waals surface area contributed by atoms with Gasteiger partial charge in [-0.2, -0.15) is 0 Å². The number of hydrogen-bond donors (Lipinski definition) is 1. The molecule has 3 aromatic heterocycles. The van der Waals surface area contributed by atoms with Crippen molar-refractivity contribution in [3.8, 4) is 21.7 Å². The van der Waals surface area contributed by atoms with Gasteiger partial charge in [0.1, 0.15) is 0 Å². The summed E-state index contributed by atoms with van der Waals surface area (Å²) in [6.45, 7) is 0. The minimum Gasteiger partial charge on any atom is -0.386 e. The van der Waals surface area contributed by atoms with E-state index in [0.717, 1.165) is 26.6 Å². The molecule has 0 fully saturated rings. The molecule has 0 bridgehead atoms. The second-order valence-corrected chi connectivity index (χ2v) is 8.42. The lowest BCUT2D eigenvalue weighted by molar-refractivity contribution is 0.0883. The van der Waals surface area contributed by atoms with E-state index >= 15 is 0 Å². The zero-order valence-corrected chi connectivity index (χ0v) is 16.4. The first-order chi connectivity index (χ1) is 13.8. The van der Waals surface area contributed by atoms with E-state index in [4.69, 9.17) is 4.84 Å². The summed E-state index contributed by atoms with van der Waals surface area (Å²) >= 11 is 3.24. The number of pyridine rings is 1. The van der Waals surface area contributed by atoms with Crippen LogP contribution in [0.15, 0.2) is 81.4 Å². The number of nitrogens with one attached hydrogen (secondary N) is 1. The van der Waals surface area contributed by atoms with Gasteiger partial charge in [0.15, 0.2) is 6.10 Å². The van der Waals surface area contributed by atoms with E-state index in [1.54, 1.807) is 22.7 Å². The summed E-state index contributed by atoms with van der Waals surface area (Å²) < 4.78 is 0. The lowest BCUT2D eigenvalue weighted by Crippen LogP contribution is -2.20. The van der Waals surface area contributed by atoms with Crippen molar-refractivity contribution in [3.05, 3.63) is 92.2 Å². The molecule has 4 heterocycles. The van der Waals surface area contributed by atoms with Crippen LogP contribution in [0.5, 0.6) is 0 Å². The fraction of sp³-hybridized carbons (Fsp3) is 0.0909. The first-order valence-electron chi connectivity index (χ1n) is 8.92. The fourth-order valence-electron chi connectivity index (χ4n) is 3.41. The Bertz CT molecular complexity index is 1180. The molecule has 0 saturated heterocycles. The van der Waals surface area contributed by atoms with Crippen LogP contribution < -0.4 is 5.56 Å². The molecule has 138 valence electrons.